The van der Waals surface area contributed by atoms with Crippen molar-refractivity contribution in [1.82, 2.24) is 4.98 Å². The predicted octanol–water partition coefficient (Wildman–Crippen LogP) is 1.20. The van der Waals surface area contributed by atoms with E-state index in [4.69, 9.17) is 5.11 Å². The zero-order chi connectivity index (χ0) is 7.56. The first-order valence-electron chi connectivity index (χ1n) is 2.54. The molecule has 52 valence electrons. The maximum atomic E-state index is 10.1. The fourth-order valence-corrected chi connectivity index (χ4v) is 0.965. The number of aromatic nitrogens is 1. The largest absolute Gasteiger partial charge is 0.505 e. The highest BCUT2D eigenvalue weighted by Crippen LogP contribution is 2.15. The molecule has 1 heterocycles. The van der Waals surface area contributed by atoms with Gasteiger partial charge in [0.2, 0.25) is 0 Å². The van der Waals surface area contributed by atoms with Gasteiger partial charge < -0.3 is 5.11 Å². The Hall–Kier alpha value is -0.650. The summed E-state index contributed by atoms with van der Waals surface area (Å²) >= 11 is 1.85. The molecule has 0 amide bonds. The molecule has 1 aromatic heterocycles. The van der Waals surface area contributed by atoms with Gasteiger partial charge in [-0.3, -0.25) is 4.79 Å². The van der Waals surface area contributed by atoms with Crippen molar-refractivity contribution in [3.05, 3.63) is 21.5 Å². The second kappa shape index (κ2) is 2.96. The van der Waals surface area contributed by atoms with E-state index in [1.54, 1.807) is 0 Å². The van der Waals surface area contributed by atoms with Crippen LogP contribution < -0.4 is 0 Å². The number of carbonyl (C=O) groups excluding carboxylic acids is 1. The molecule has 10 heavy (non-hydrogen) atoms. The molecule has 0 saturated carbocycles. The summed E-state index contributed by atoms with van der Waals surface area (Å²) in [6.07, 6.45) is 0.640. The van der Waals surface area contributed by atoms with E-state index in [1.165, 1.54) is 12.1 Å². The second-order valence-corrected chi connectivity index (χ2v) is 2.69. The molecule has 1 aromatic rings. The molecule has 0 bridgehead atoms. The zero-order valence-corrected chi connectivity index (χ0v) is 7.07. The van der Waals surface area contributed by atoms with Crippen LogP contribution in [0.15, 0.2) is 12.1 Å². The fraction of sp³-hybridized carbons (Fsp3) is 0. The Balaban J connectivity index is 3.16. The van der Waals surface area contributed by atoms with E-state index >= 15 is 0 Å². The van der Waals surface area contributed by atoms with E-state index in [9.17, 15) is 4.79 Å². The molecule has 0 aliphatic carbocycles. The SMILES string of the molecule is O=Cc1ccc(O)c(I)n1. The molecule has 0 spiro atoms. The maximum Gasteiger partial charge on any atom is 0.168 e. The number of hydrogen-bond donors (Lipinski definition) is 1. The van der Waals surface area contributed by atoms with Crippen LogP contribution in [0.5, 0.6) is 5.75 Å². The van der Waals surface area contributed by atoms with Crippen molar-refractivity contribution in [2.24, 2.45) is 0 Å². The molecule has 1 rings (SSSR count). The van der Waals surface area contributed by atoms with Crippen LogP contribution in [0.3, 0.4) is 0 Å². The molecule has 0 saturated heterocycles. The van der Waals surface area contributed by atoms with Crippen molar-refractivity contribution in [1.29, 1.82) is 0 Å². The molecule has 0 fully saturated rings. The van der Waals surface area contributed by atoms with Gasteiger partial charge in [-0.2, -0.15) is 0 Å². The predicted molar refractivity (Wildman–Crippen MR) is 44.0 cm³/mol. The van der Waals surface area contributed by atoms with Crippen LogP contribution in [0.4, 0.5) is 0 Å². The highest BCUT2D eigenvalue weighted by atomic mass is 127. The summed E-state index contributed by atoms with van der Waals surface area (Å²) in [5, 5.41) is 8.95. The van der Waals surface area contributed by atoms with E-state index < -0.39 is 0 Å². The van der Waals surface area contributed by atoms with Crippen LogP contribution in [0.1, 0.15) is 10.5 Å². The van der Waals surface area contributed by atoms with Crippen molar-refractivity contribution in [3.8, 4) is 5.75 Å². The standard InChI is InChI=1S/C6H4INO2/c7-6-5(10)2-1-4(3-9)8-6/h1-3,10H. The Morgan fingerprint density at radius 1 is 1.60 bits per heavy atom. The van der Waals surface area contributed by atoms with Crippen molar-refractivity contribution in [2.75, 3.05) is 0 Å². The van der Waals surface area contributed by atoms with Gasteiger partial charge in [0.1, 0.15) is 15.1 Å². The smallest absolute Gasteiger partial charge is 0.168 e. The van der Waals surface area contributed by atoms with Crippen LogP contribution in [0.2, 0.25) is 0 Å². The molecule has 0 aliphatic rings. The maximum absolute atomic E-state index is 10.1. The minimum absolute atomic E-state index is 0.103. The summed E-state index contributed by atoms with van der Waals surface area (Å²) in [7, 11) is 0. The first kappa shape index (κ1) is 7.46. The molecule has 1 N–H and O–H groups in total. The number of aldehydes is 1. The number of carbonyl (C=O) groups is 1. The monoisotopic (exact) mass is 249 g/mol. The summed E-state index contributed by atoms with van der Waals surface area (Å²) in [6, 6.07) is 2.91. The van der Waals surface area contributed by atoms with Gasteiger partial charge in [-0.25, -0.2) is 4.98 Å². The summed E-state index contributed by atoms with van der Waals surface area (Å²) in [4.78, 5) is 13.9. The lowest BCUT2D eigenvalue weighted by Crippen LogP contribution is -1.88. The number of aromatic hydroxyl groups is 1. The van der Waals surface area contributed by atoms with Crippen LogP contribution in [0.25, 0.3) is 0 Å². The van der Waals surface area contributed by atoms with Crippen molar-refractivity contribution < 1.29 is 9.90 Å². The van der Waals surface area contributed by atoms with E-state index in [0.29, 0.717) is 15.7 Å². The van der Waals surface area contributed by atoms with Crippen molar-refractivity contribution in [2.45, 2.75) is 0 Å². The molecule has 0 radical (unpaired) electrons. The number of hydrogen-bond acceptors (Lipinski definition) is 3. The average Bonchev–Trinajstić information content (AvgIpc) is 1.95. The molecular weight excluding hydrogens is 245 g/mol. The molecule has 0 aromatic carbocycles. The molecule has 3 nitrogen and oxygen atoms in total. The Morgan fingerprint density at radius 3 is 2.80 bits per heavy atom. The molecule has 0 unspecified atom stereocenters. The van der Waals surface area contributed by atoms with E-state index in [0.717, 1.165) is 0 Å². The van der Waals surface area contributed by atoms with Crippen LogP contribution in [-0.4, -0.2) is 16.4 Å². The van der Waals surface area contributed by atoms with E-state index in [2.05, 4.69) is 4.98 Å². The number of halogens is 1. The van der Waals surface area contributed by atoms with Crippen molar-refractivity contribution >= 4 is 28.9 Å². The lowest BCUT2D eigenvalue weighted by atomic mass is 10.4. The summed E-state index contributed by atoms with van der Waals surface area (Å²) in [5.74, 6) is 0.103. The highest BCUT2D eigenvalue weighted by Gasteiger charge is 1.98. The zero-order valence-electron chi connectivity index (χ0n) is 4.91. The van der Waals surface area contributed by atoms with Gasteiger partial charge in [-0.15, -0.1) is 0 Å². The van der Waals surface area contributed by atoms with E-state index in [-0.39, 0.29) is 5.75 Å². The summed E-state index contributed by atoms with van der Waals surface area (Å²) in [5.41, 5.74) is 0.335. The van der Waals surface area contributed by atoms with Gasteiger partial charge in [0.15, 0.2) is 6.29 Å². The van der Waals surface area contributed by atoms with Crippen molar-refractivity contribution in [3.63, 3.8) is 0 Å². The van der Waals surface area contributed by atoms with Gasteiger partial charge in [-0.05, 0) is 34.7 Å². The number of pyridine rings is 1. The average molecular weight is 249 g/mol. The van der Waals surface area contributed by atoms with Gasteiger partial charge in [0, 0.05) is 0 Å². The van der Waals surface area contributed by atoms with Gasteiger partial charge in [0.05, 0.1) is 0 Å². The topological polar surface area (TPSA) is 50.2 Å². The highest BCUT2D eigenvalue weighted by molar-refractivity contribution is 14.1. The Bertz CT molecular complexity index is 262. The number of rotatable bonds is 1. The summed E-state index contributed by atoms with van der Waals surface area (Å²) in [6.45, 7) is 0. The fourth-order valence-electron chi connectivity index (χ4n) is 0.507. The first-order valence-corrected chi connectivity index (χ1v) is 3.62. The van der Waals surface area contributed by atoms with Crippen LogP contribution >= 0.6 is 22.6 Å². The molecular formula is C6H4INO2. The van der Waals surface area contributed by atoms with Crippen LogP contribution in [0, 0.1) is 3.70 Å². The Labute approximate surface area is 71.2 Å². The first-order chi connectivity index (χ1) is 4.74. The third-order valence-electron chi connectivity index (χ3n) is 0.971. The van der Waals surface area contributed by atoms with Gasteiger partial charge >= 0.3 is 0 Å². The van der Waals surface area contributed by atoms with E-state index in [1.807, 2.05) is 22.6 Å². The minimum atomic E-state index is 0.103. The lowest BCUT2D eigenvalue weighted by molar-refractivity contribution is 0.111. The quantitative estimate of drug-likeness (QED) is 0.462. The summed E-state index contributed by atoms with van der Waals surface area (Å²) < 4.78 is 0.446. The third kappa shape index (κ3) is 1.44. The number of nitrogens with zero attached hydrogens (tertiary/aromatic N) is 1. The lowest BCUT2D eigenvalue weighted by Gasteiger charge is -1.94. The Morgan fingerprint density at radius 2 is 2.30 bits per heavy atom. The molecule has 0 aliphatic heterocycles. The molecule has 4 heteroatoms. The molecule has 0 atom stereocenters. The Kier molecular flexibility index (Phi) is 2.21. The van der Waals surface area contributed by atoms with Gasteiger partial charge in [-0.1, -0.05) is 0 Å². The normalized spacial score (nSPS) is 9.30. The minimum Gasteiger partial charge on any atom is -0.505 e. The van der Waals surface area contributed by atoms with Gasteiger partial charge in [0.25, 0.3) is 0 Å². The second-order valence-electron chi connectivity index (χ2n) is 1.66. The van der Waals surface area contributed by atoms with Crippen LogP contribution in [-0.2, 0) is 0 Å². The third-order valence-corrected chi connectivity index (χ3v) is 1.77.